The maximum atomic E-state index is 6.10. The van der Waals surface area contributed by atoms with Crippen LogP contribution in [0.5, 0.6) is 0 Å². The first-order valence-corrected chi connectivity index (χ1v) is 10.5. The SMILES string of the molecule is Clc1snnc1CSc1nnc(-c2ccc(Br)o2)n1Cc1ccccc1. The van der Waals surface area contributed by atoms with Crippen molar-refractivity contribution in [2.75, 3.05) is 0 Å². The monoisotopic (exact) mass is 467 g/mol. The Labute approximate surface area is 170 Å². The number of hydrogen-bond donors (Lipinski definition) is 0. The zero-order chi connectivity index (χ0) is 17.9. The highest BCUT2D eigenvalue weighted by atomic mass is 79.9. The summed E-state index contributed by atoms with van der Waals surface area (Å²) in [5, 5.41) is 13.5. The molecule has 10 heteroatoms. The van der Waals surface area contributed by atoms with E-state index in [1.54, 1.807) is 0 Å². The molecular weight excluding hydrogens is 458 g/mol. The van der Waals surface area contributed by atoms with Gasteiger partial charge in [-0.15, -0.1) is 15.3 Å². The van der Waals surface area contributed by atoms with Gasteiger partial charge in [0.15, 0.2) is 15.6 Å². The van der Waals surface area contributed by atoms with Crippen LogP contribution in [0, 0.1) is 0 Å². The number of rotatable bonds is 6. The molecule has 3 aromatic heterocycles. The van der Waals surface area contributed by atoms with Gasteiger partial charge in [-0.25, -0.2) is 0 Å². The Hall–Kier alpha value is -1.68. The molecule has 0 saturated heterocycles. The van der Waals surface area contributed by atoms with Crippen LogP contribution in [0.1, 0.15) is 11.3 Å². The van der Waals surface area contributed by atoms with Gasteiger partial charge in [-0.3, -0.25) is 4.57 Å². The Morgan fingerprint density at radius 2 is 1.96 bits per heavy atom. The average Bonchev–Trinajstić information content (AvgIpc) is 3.35. The molecule has 4 aromatic rings. The molecule has 0 saturated carbocycles. The molecule has 6 nitrogen and oxygen atoms in total. The normalized spacial score (nSPS) is 11.2. The van der Waals surface area contributed by atoms with Crippen LogP contribution in [0.2, 0.25) is 4.34 Å². The van der Waals surface area contributed by atoms with Gasteiger partial charge in [0.2, 0.25) is 5.82 Å². The molecule has 26 heavy (non-hydrogen) atoms. The number of furan rings is 1. The first-order chi connectivity index (χ1) is 12.7. The van der Waals surface area contributed by atoms with Gasteiger partial charge in [0, 0.05) is 17.3 Å². The Bertz CT molecular complexity index is 1020. The van der Waals surface area contributed by atoms with Crippen molar-refractivity contribution in [3.05, 3.63) is 62.7 Å². The van der Waals surface area contributed by atoms with Gasteiger partial charge in [0.05, 0.1) is 6.54 Å². The smallest absolute Gasteiger partial charge is 0.200 e. The lowest BCUT2D eigenvalue weighted by molar-refractivity contribution is 0.545. The van der Waals surface area contributed by atoms with Crippen LogP contribution >= 0.6 is 50.8 Å². The molecule has 0 unspecified atom stereocenters. The van der Waals surface area contributed by atoms with Gasteiger partial charge in [-0.05, 0) is 33.6 Å². The Morgan fingerprint density at radius 3 is 2.65 bits per heavy atom. The summed E-state index contributed by atoms with van der Waals surface area (Å²) in [5.41, 5.74) is 1.90. The van der Waals surface area contributed by atoms with Crippen molar-refractivity contribution in [2.24, 2.45) is 0 Å². The van der Waals surface area contributed by atoms with Crippen molar-refractivity contribution < 1.29 is 4.42 Å². The fourth-order valence-corrected chi connectivity index (χ4v) is 4.31. The second-order valence-electron chi connectivity index (χ2n) is 5.26. The van der Waals surface area contributed by atoms with Gasteiger partial charge in [-0.1, -0.05) is 58.2 Å². The number of hydrogen-bond acceptors (Lipinski definition) is 7. The molecule has 0 amide bonds. The van der Waals surface area contributed by atoms with E-state index in [-0.39, 0.29) is 0 Å². The van der Waals surface area contributed by atoms with E-state index >= 15 is 0 Å². The lowest BCUT2D eigenvalue weighted by atomic mass is 10.2. The number of aromatic nitrogens is 5. The Morgan fingerprint density at radius 1 is 1.12 bits per heavy atom. The molecule has 1 aromatic carbocycles. The van der Waals surface area contributed by atoms with Crippen LogP contribution in [-0.4, -0.2) is 24.4 Å². The minimum absolute atomic E-state index is 0.574. The molecular formula is C16H11BrClN5OS2. The van der Waals surface area contributed by atoms with Crippen LogP contribution in [0.15, 0.2) is 56.7 Å². The molecule has 0 bridgehead atoms. The predicted molar refractivity (Wildman–Crippen MR) is 105 cm³/mol. The molecule has 0 spiro atoms. The maximum Gasteiger partial charge on any atom is 0.200 e. The van der Waals surface area contributed by atoms with Crippen molar-refractivity contribution >= 4 is 50.8 Å². The Kier molecular flexibility index (Phi) is 5.39. The summed E-state index contributed by atoms with van der Waals surface area (Å²) in [7, 11) is 0. The number of halogens is 2. The van der Waals surface area contributed by atoms with Crippen LogP contribution in [0.4, 0.5) is 0 Å². The van der Waals surface area contributed by atoms with E-state index in [2.05, 4.69) is 47.8 Å². The molecule has 4 rings (SSSR count). The van der Waals surface area contributed by atoms with Crippen molar-refractivity contribution in [3.63, 3.8) is 0 Å². The largest absolute Gasteiger partial charge is 0.446 e. The maximum absolute atomic E-state index is 6.10. The molecule has 0 aliphatic carbocycles. The van der Waals surface area contributed by atoms with Crippen LogP contribution in [-0.2, 0) is 12.3 Å². The quantitative estimate of drug-likeness (QED) is 0.365. The fourth-order valence-electron chi connectivity index (χ4n) is 2.34. The number of thioether (sulfide) groups is 1. The zero-order valence-electron chi connectivity index (χ0n) is 13.2. The molecule has 0 aliphatic rings. The van der Waals surface area contributed by atoms with Gasteiger partial charge in [-0.2, -0.15) is 0 Å². The lowest BCUT2D eigenvalue weighted by Gasteiger charge is -2.09. The highest BCUT2D eigenvalue weighted by molar-refractivity contribution is 9.10. The topological polar surface area (TPSA) is 69.6 Å². The highest BCUT2D eigenvalue weighted by Crippen LogP contribution is 2.31. The highest BCUT2D eigenvalue weighted by Gasteiger charge is 2.18. The van der Waals surface area contributed by atoms with Gasteiger partial charge in [0.25, 0.3) is 0 Å². The van der Waals surface area contributed by atoms with E-state index in [0.717, 1.165) is 16.4 Å². The third-order valence-electron chi connectivity index (χ3n) is 3.54. The number of benzene rings is 1. The van der Waals surface area contributed by atoms with Gasteiger partial charge < -0.3 is 4.42 Å². The summed E-state index contributed by atoms with van der Waals surface area (Å²) >= 11 is 12.1. The number of nitrogens with zero attached hydrogens (tertiary/aromatic N) is 5. The zero-order valence-corrected chi connectivity index (χ0v) is 17.1. The summed E-state index contributed by atoms with van der Waals surface area (Å²) in [6, 6.07) is 13.9. The van der Waals surface area contributed by atoms with Crippen molar-refractivity contribution in [1.82, 2.24) is 24.4 Å². The van der Waals surface area contributed by atoms with Gasteiger partial charge in [0.1, 0.15) is 10.0 Å². The van der Waals surface area contributed by atoms with E-state index in [4.69, 9.17) is 16.0 Å². The molecule has 132 valence electrons. The van der Waals surface area contributed by atoms with Crippen LogP contribution < -0.4 is 0 Å². The first kappa shape index (κ1) is 17.7. The minimum Gasteiger partial charge on any atom is -0.446 e. The van der Waals surface area contributed by atoms with E-state index in [0.29, 0.717) is 32.9 Å². The summed E-state index contributed by atoms with van der Waals surface area (Å²) in [4.78, 5) is 0. The predicted octanol–water partition coefficient (Wildman–Crippen LogP) is 5.15. The fraction of sp³-hybridized carbons (Fsp3) is 0.125. The molecule has 3 heterocycles. The van der Waals surface area contributed by atoms with Crippen molar-refractivity contribution in [3.8, 4) is 11.6 Å². The minimum atomic E-state index is 0.574. The Balaban J connectivity index is 1.66. The van der Waals surface area contributed by atoms with Crippen molar-refractivity contribution in [1.29, 1.82) is 0 Å². The van der Waals surface area contributed by atoms with Crippen LogP contribution in [0.25, 0.3) is 11.6 Å². The lowest BCUT2D eigenvalue weighted by Crippen LogP contribution is -2.04. The molecule has 0 atom stereocenters. The van der Waals surface area contributed by atoms with E-state index in [1.165, 1.54) is 23.3 Å². The summed E-state index contributed by atoms with van der Waals surface area (Å²) in [6.07, 6.45) is 0. The van der Waals surface area contributed by atoms with E-state index in [9.17, 15) is 0 Å². The third kappa shape index (κ3) is 3.85. The molecule has 0 fully saturated rings. The second kappa shape index (κ2) is 7.91. The molecule has 0 N–H and O–H groups in total. The van der Waals surface area contributed by atoms with E-state index in [1.807, 2.05) is 34.9 Å². The third-order valence-corrected chi connectivity index (χ3v) is 5.93. The summed E-state index contributed by atoms with van der Waals surface area (Å²) in [5.74, 6) is 1.90. The van der Waals surface area contributed by atoms with Gasteiger partial charge >= 0.3 is 0 Å². The first-order valence-electron chi connectivity index (χ1n) is 7.53. The standard InChI is InChI=1S/C16H11BrClN5OS2/c17-13-7-6-12(24-13)15-20-21-16(25-9-11-14(18)26-22-19-11)23(15)8-10-4-2-1-3-5-10/h1-7H,8-9H2. The van der Waals surface area contributed by atoms with Crippen molar-refractivity contribution in [2.45, 2.75) is 17.5 Å². The summed E-state index contributed by atoms with van der Waals surface area (Å²) in [6.45, 7) is 0.632. The van der Waals surface area contributed by atoms with E-state index < -0.39 is 0 Å². The second-order valence-corrected chi connectivity index (χ2v) is 8.34. The molecule has 0 aliphatic heterocycles. The average molecular weight is 469 g/mol. The van der Waals surface area contributed by atoms with Crippen LogP contribution in [0.3, 0.4) is 0 Å². The summed E-state index contributed by atoms with van der Waals surface area (Å²) < 4.78 is 12.8. The molecule has 0 radical (unpaired) electrons.